The predicted molar refractivity (Wildman–Crippen MR) is 139 cm³/mol. The minimum absolute atomic E-state index is 0.0439. The van der Waals surface area contributed by atoms with Gasteiger partial charge in [0.15, 0.2) is 0 Å². The number of carbonyl (C=O) groups excluding carboxylic acids is 4. The number of nitrogens with two attached hydrogens (primary N) is 1. The fraction of sp³-hybridized carbons (Fsp3) is 0.429. The molecule has 0 radical (unpaired) electrons. The number of nitrogens with zero attached hydrogens (tertiary/aromatic N) is 1. The van der Waals surface area contributed by atoms with Crippen molar-refractivity contribution in [1.29, 1.82) is 0 Å². The minimum Gasteiger partial charge on any atom is -0.427 e. The van der Waals surface area contributed by atoms with Gasteiger partial charge in [-0.25, -0.2) is 9.18 Å². The lowest BCUT2D eigenvalue weighted by atomic mass is 9.91. The average Bonchev–Trinajstić information content (AvgIpc) is 3.41. The van der Waals surface area contributed by atoms with Crippen molar-refractivity contribution in [3.05, 3.63) is 64.5 Å². The number of benzene rings is 2. The summed E-state index contributed by atoms with van der Waals surface area (Å²) < 4.78 is 60.3. The Bertz CT molecular complexity index is 1380. The van der Waals surface area contributed by atoms with Crippen molar-refractivity contribution in [3.63, 3.8) is 0 Å². The highest BCUT2D eigenvalue weighted by molar-refractivity contribution is 6.04. The highest BCUT2D eigenvalue weighted by atomic mass is 19.4. The summed E-state index contributed by atoms with van der Waals surface area (Å²) in [6.45, 7) is 3.86. The van der Waals surface area contributed by atoms with Crippen LogP contribution in [0.4, 0.5) is 28.0 Å². The first-order valence-corrected chi connectivity index (χ1v) is 13.0. The third-order valence-corrected chi connectivity index (χ3v) is 7.58. The predicted octanol–water partition coefficient (Wildman–Crippen LogP) is 3.68. The number of ether oxygens (including phenoxy) is 1. The molecule has 0 saturated carbocycles. The first-order valence-electron chi connectivity index (χ1n) is 13.0. The fourth-order valence-corrected chi connectivity index (χ4v) is 5.05. The topological polar surface area (TPSA) is 131 Å². The maximum Gasteiger partial charge on any atom is 0.415 e. The maximum atomic E-state index is 13.9. The van der Waals surface area contributed by atoms with Gasteiger partial charge in [0.05, 0.1) is 12.5 Å². The molecule has 2 aromatic rings. The van der Waals surface area contributed by atoms with Crippen LogP contribution in [-0.4, -0.2) is 47.0 Å². The summed E-state index contributed by atoms with van der Waals surface area (Å²) in [7, 11) is 0. The zero-order valence-corrected chi connectivity index (χ0v) is 22.6. The van der Waals surface area contributed by atoms with Gasteiger partial charge in [0, 0.05) is 24.2 Å². The van der Waals surface area contributed by atoms with E-state index in [0.717, 1.165) is 19.1 Å². The molecule has 3 atom stereocenters. The quantitative estimate of drug-likeness (QED) is 0.410. The van der Waals surface area contributed by atoms with Gasteiger partial charge in [-0.3, -0.25) is 19.7 Å². The zero-order chi connectivity index (χ0) is 30.3. The van der Waals surface area contributed by atoms with Gasteiger partial charge in [-0.15, -0.1) is 0 Å². The van der Waals surface area contributed by atoms with Crippen molar-refractivity contribution < 1.29 is 41.5 Å². The van der Waals surface area contributed by atoms with Crippen LogP contribution in [-0.2, 0) is 44.1 Å². The molecule has 1 spiro atoms. The summed E-state index contributed by atoms with van der Waals surface area (Å²) in [6, 6.07) is 4.52. The Balaban J connectivity index is 1.76. The lowest BCUT2D eigenvalue weighted by molar-refractivity contribution is -0.186. The molecule has 220 valence electrons. The molecule has 1 heterocycles. The molecule has 13 heteroatoms. The third kappa shape index (κ3) is 5.90. The number of anilines is 1. The number of imide groups is 1. The molecular weight excluding hydrogens is 548 g/mol. The number of nitrogens with one attached hydrogen (secondary N) is 2. The first kappa shape index (κ1) is 30.0. The molecule has 4 N–H and O–H groups in total. The van der Waals surface area contributed by atoms with Crippen LogP contribution in [0.5, 0.6) is 0 Å². The van der Waals surface area contributed by atoms with Crippen LogP contribution >= 0.6 is 0 Å². The fourth-order valence-electron chi connectivity index (χ4n) is 5.05. The molecule has 2 aromatic carbocycles. The summed E-state index contributed by atoms with van der Waals surface area (Å²) >= 11 is 0. The average molecular weight is 579 g/mol. The molecule has 1 unspecified atom stereocenters. The van der Waals surface area contributed by atoms with E-state index in [9.17, 15) is 36.7 Å². The van der Waals surface area contributed by atoms with Gasteiger partial charge in [0.25, 0.3) is 5.91 Å². The molecule has 9 nitrogen and oxygen atoms in total. The molecule has 1 aliphatic heterocycles. The van der Waals surface area contributed by atoms with E-state index in [4.69, 9.17) is 10.5 Å². The lowest BCUT2D eigenvalue weighted by Crippen LogP contribution is -2.47. The second-order valence-electron chi connectivity index (χ2n) is 10.6. The van der Waals surface area contributed by atoms with Gasteiger partial charge in [0.1, 0.15) is 11.9 Å². The van der Waals surface area contributed by atoms with Crippen molar-refractivity contribution in [3.8, 4) is 0 Å². The van der Waals surface area contributed by atoms with E-state index in [1.807, 2.05) is 0 Å². The second kappa shape index (κ2) is 11.1. The van der Waals surface area contributed by atoms with Gasteiger partial charge in [-0.2, -0.15) is 13.2 Å². The van der Waals surface area contributed by atoms with Crippen LogP contribution in [0.1, 0.15) is 49.4 Å². The molecule has 0 bridgehead atoms. The molecule has 1 saturated heterocycles. The minimum atomic E-state index is -4.77. The van der Waals surface area contributed by atoms with Crippen LogP contribution in [0.2, 0.25) is 0 Å². The molecule has 0 aromatic heterocycles. The van der Waals surface area contributed by atoms with Crippen molar-refractivity contribution in [2.24, 2.45) is 11.7 Å². The molecule has 1 fully saturated rings. The molecule has 4 amide bonds. The number of fused-ring (bicyclic) bond motifs is 2. The van der Waals surface area contributed by atoms with Gasteiger partial charge in [-0.1, -0.05) is 32.0 Å². The zero-order valence-electron chi connectivity index (χ0n) is 22.6. The molecule has 41 heavy (non-hydrogen) atoms. The Morgan fingerprint density at radius 2 is 1.78 bits per heavy atom. The van der Waals surface area contributed by atoms with Gasteiger partial charge < -0.3 is 20.7 Å². The van der Waals surface area contributed by atoms with E-state index < -0.39 is 66.5 Å². The van der Waals surface area contributed by atoms with Crippen molar-refractivity contribution in [2.45, 2.75) is 70.4 Å². The molecule has 1 aliphatic carbocycles. The summed E-state index contributed by atoms with van der Waals surface area (Å²) in [5.74, 6) is -3.01. The van der Waals surface area contributed by atoms with Crippen molar-refractivity contribution >= 4 is 29.5 Å². The second-order valence-corrected chi connectivity index (χ2v) is 10.6. The smallest absolute Gasteiger partial charge is 0.415 e. The maximum absolute atomic E-state index is 13.9. The van der Waals surface area contributed by atoms with E-state index in [2.05, 4.69) is 10.6 Å². The van der Waals surface area contributed by atoms with Crippen molar-refractivity contribution in [2.75, 3.05) is 5.32 Å². The summed E-state index contributed by atoms with van der Waals surface area (Å²) in [5, 5.41) is 4.77. The Kier molecular flexibility index (Phi) is 8.12. The molecule has 2 aliphatic rings. The Morgan fingerprint density at radius 3 is 2.34 bits per heavy atom. The number of amides is 4. The van der Waals surface area contributed by atoms with Crippen molar-refractivity contribution in [1.82, 2.24) is 10.2 Å². The third-order valence-electron chi connectivity index (χ3n) is 7.58. The summed E-state index contributed by atoms with van der Waals surface area (Å²) in [5.41, 5.74) is 5.62. The number of alkyl carbamates (subject to hydrolysis) is 1. The monoisotopic (exact) mass is 578 g/mol. The highest BCUT2D eigenvalue weighted by Gasteiger charge is 2.55. The van der Waals surface area contributed by atoms with E-state index in [1.54, 1.807) is 13.8 Å². The number of halogens is 4. The van der Waals surface area contributed by atoms with E-state index in [0.29, 0.717) is 10.5 Å². The van der Waals surface area contributed by atoms with Crippen LogP contribution in [0.3, 0.4) is 0 Å². The van der Waals surface area contributed by atoms with Crippen LogP contribution in [0, 0.1) is 11.7 Å². The lowest BCUT2D eigenvalue weighted by Gasteiger charge is -2.31. The number of hydrogen-bond donors (Lipinski definition) is 3. The number of hydrogen-bond acceptors (Lipinski definition) is 6. The largest absolute Gasteiger partial charge is 0.427 e. The number of rotatable bonds is 8. The van der Waals surface area contributed by atoms with Gasteiger partial charge >= 0.3 is 12.3 Å². The van der Waals surface area contributed by atoms with Gasteiger partial charge in [0.2, 0.25) is 17.4 Å². The summed E-state index contributed by atoms with van der Waals surface area (Å²) in [4.78, 5) is 51.7. The van der Waals surface area contributed by atoms with Crippen LogP contribution < -0.4 is 16.4 Å². The standard InChI is InChI=1S/C28H30F4N4O5/c1-14(2)23(33)24(38)34-21-9-8-20-18(10-11-27(20)25(39)35-26(40)41-27)19(21)12-22(37)36(15(3)28(30,31)32)13-16-4-6-17(29)7-5-16/h4-9,14-15,23H,10-13,33H2,1-3H3,(H,34,38)(H,35,39,40)/t15-,23+,27?/m0/s1. The van der Waals surface area contributed by atoms with E-state index in [1.165, 1.54) is 24.3 Å². The van der Waals surface area contributed by atoms with Crippen LogP contribution in [0.25, 0.3) is 0 Å². The first-order chi connectivity index (χ1) is 19.1. The molecular formula is C28H30F4N4O5. The SMILES string of the molecule is CC(C)[C@@H](N)C(=O)Nc1ccc2c(c1CC(=O)N(Cc1ccc(F)cc1)[C@@H](C)C(F)(F)F)CCC21OC(=O)NC1=O. The number of alkyl halides is 3. The summed E-state index contributed by atoms with van der Waals surface area (Å²) in [6.07, 6.45) is -6.10. The highest BCUT2D eigenvalue weighted by Crippen LogP contribution is 2.46. The number of carbonyl (C=O) groups is 4. The Labute approximate surface area is 233 Å². The van der Waals surface area contributed by atoms with E-state index >= 15 is 0 Å². The van der Waals surface area contributed by atoms with Crippen LogP contribution in [0.15, 0.2) is 36.4 Å². The van der Waals surface area contributed by atoms with E-state index in [-0.39, 0.29) is 41.1 Å². The normalized spacial score (nSPS) is 19.5. The van der Waals surface area contributed by atoms with Gasteiger partial charge in [-0.05, 0) is 54.2 Å². The Morgan fingerprint density at radius 1 is 1.12 bits per heavy atom. The Hall–Kier alpha value is -4.00. The molecule has 4 rings (SSSR count).